The lowest BCUT2D eigenvalue weighted by atomic mass is 9.92. The number of carbonyl (C=O) groups excluding carboxylic acids is 1. The summed E-state index contributed by atoms with van der Waals surface area (Å²) in [5.41, 5.74) is 6.38. The average Bonchev–Trinajstić information content (AvgIpc) is 2.51. The number of carbonyl (C=O) groups is 1. The Morgan fingerprint density at radius 2 is 2.13 bits per heavy atom. The maximum atomic E-state index is 13.7. The van der Waals surface area contributed by atoms with Gasteiger partial charge in [-0.3, -0.25) is 9.69 Å². The first-order valence-electron chi connectivity index (χ1n) is 7.92. The molecule has 1 aromatic carbocycles. The molecule has 1 aliphatic heterocycles. The molecular formula is C17H27ClFN3O. The molecule has 130 valence electrons. The van der Waals surface area contributed by atoms with E-state index in [0.717, 1.165) is 19.4 Å². The summed E-state index contributed by atoms with van der Waals surface area (Å²) in [6.07, 6.45) is 2.14. The van der Waals surface area contributed by atoms with Gasteiger partial charge in [-0.15, -0.1) is 12.4 Å². The number of hydrogen-bond donors (Lipinski definition) is 1. The van der Waals surface area contributed by atoms with E-state index in [1.807, 2.05) is 0 Å². The number of benzene rings is 1. The number of nitrogens with zero attached hydrogens (tertiary/aromatic N) is 2. The van der Waals surface area contributed by atoms with Gasteiger partial charge in [0, 0.05) is 31.7 Å². The second-order valence-corrected chi connectivity index (χ2v) is 6.33. The van der Waals surface area contributed by atoms with Crippen LogP contribution in [0.25, 0.3) is 0 Å². The summed E-state index contributed by atoms with van der Waals surface area (Å²) < 4.78 is 13.7. The molecule has 1 fully saturated rings. The molecule has 6 heteroatoms. The fraction of sp³-hybridized carbons (Fsp3) is 0.588. The quantitative estimate of drug-likeness (QED) is 0.892. The Morgan fingerprint density at radius 1 is 1.43 bits per heavy atom. The largest absolute Gasteiger partial charge is 0.340 e. The van der Waals surface area contributed by atoms with Gasteiger partial charge in [-0.2, -0.15) is 0 Å². The molecule has 0 aliphatic carbocycles. The molecule has 1 amide bonds. The highest BCUT2D eigenvalue weighted by Crippen LogP contribution is 2.21. The first kappa shape index (κ1) is 19.9. The van der Waals surface area contributed by atoms with Gasteiger partial charge in [-0.25, -0.2) is 4.39 Å². The third kappa shape index (κ3) is 5.44. The fourth-order valence-electron chi connectivity index (χ4n) is 3.02. The van der Waals surface area contributed by atoms with E-state index in [1.54, 1.807) is 30.1 Å². The van der Waals surface area contributed by atoms with Crippen LogP contribution in [0.4, 0.5) is 4.39 Å². The van der Waals surface area contributed by atoms with Crippen molar-refractivity contribution in [1.82, 2.24) is 9.80 Å². The Labute approximate surface area is 144 Å². The van der Waals surface area contributed by atoms with Crippen molar-refractivity contribution >= 4 is 18.3 Å². The van der Waals surface area contributed by atoms with Gasteiger partial charge in [0.15, 0.2) is 0 Å². The number of piperidine rings is 1. The Bertz CT molecular complexity index is 514. The van der Waals surface area contributed by atoms with Gasteiger partial charge in [0.25, 0.3) is 0 Å². The molecule has 1 saturated heterocycles. The van der Waals surface area contributed by atoms with Crippen LogP contribution in [0, 0.1) is 11.7 Å². The molecule has 23 heavy (non-hydrogen) atoms. The lowest BCUT2D eigenvalue weighted by molar-refractivity contribution is -0.132. The number of amides is 1. The molecule has 0 spiro atoms. The monoisotopic (exact) mass is 343 g/mol. The smallest absolute Gasteiger partial charge is 0.236 e. The van der Waals surface area contributed by atoms with E-state index in [0.29, 0.717) is 31.1 Å². The number of likely N-dealkylation sites (N-methyl/N-ethyl adjacent to an activating group) is 1. The second-order valence-electron chi connectivity index (χ2n) is 6.33. The topological polar surface area (TPSA) is 49.6 Å². The summed E-state index contributed by atoms with van der Waals surface area (Å²) in [5, 5.41) is 0. The Hall–Kier alpha value is -1.17. The highest BCUT2D eigenvalue weighted by molar-refractivity contribution is 5.85. The van der Waals surface area contributed by atoms with Crippen molar-refractivity contribution in [2.45, 2.75) is 32.4 Å². The van der Waals surface area contributed by atoms with E-state index in [2.05, 4.69) is 11.8 Å². The van der Waals surface area contributed by atoms with Crippen molar-refractivity contribution in [2.24, 2.45) is 11.7 Å². The molecule has 2 unspecified atom stereocenters. The number of rotatable bonds is 5. The minimum atomic E-state index is -0.270. The minimum absolute atomic E-state index is 0. The zero-order chi connectivity index (χ0) is 16.1. The maximum absolute atomic E-state index is 13.7. The molecule has 2 atom stereocenters. The molecule has 2 rings (SSSR count). The predicted octanol–water partition coefficient (Wildman–Crippen LogP) is 2.27. The van der Waals surface area contributed by atoms with E-state index in [4.69, 9.17) is 5.73 Å². The van der Waals surface area contributed by atoms with Gasteiger partial charge in [0.1, 0.15) is 5.82 Å². The van der Waals surface area contributed by atoms with E-state index in [9.17, 15) is 9.18 Å². The molecule has 2 N–H and O–H groups in total. The van der Waals surface area contributed by atoms with Crippen molar-refractivity contribution in [1.29, 1.82) is 0 Å². The number of hydrogen-bond acceptors (Lipinski definition) is 3. The van der Waals surface area contributed by atoms with Crippen LogP contribution in [0.15, 0.2) is 24.3 Å². The first-order valence-corrected chi connectivity index (χ1v) is 7.92. The molecule has 0 aromatic heterocycles. The Kier molecular flexibility index (Phi) is 7.95. The van der Waals surface area contributed by atoms with Crippen molar-refractivity contribution in [2.75, 3.05) is 26.7 Å². The third-order valence-electron chi connectivity index (χ3n) is 4.50. The standard InChI is InChI=1S/C17H26FN3O.ClH/c1-13-7-8-21(15(9-13)10-19)12-17(22)20(2)11-14-5-3-4-6-16(14)18;/h3-6,13,15H,7-12,19H2,1-2H3;1H. The molecule has 0 bridgehead atoms. The van der Waals surface area contributed by atoms with Crippen LogP contribution in [0.2, 0.25) is 0 Å². The van der Waals surface area contributed by atoms with Crippen molar-refractivity contribution in [3.8, 4) is 0 Å². The highest BCUT2D eigenvalue weighted by Gasteiger charge is 2.27. The van der Waals surface area contributed by atoms with Crippen molar-refractivity contribution in [3.05, 3.63) is 35.6 Å². The summed E-state index contributed by atoms with van der Waals surface area (Å²) in [6.45, 7) is 4.37. The first-order chi connectivity index (χ1) is 10.5. The summed E-state index contributed by atoms with van der Waals surface area (Å²) >= 11 is 0. The zero-order valence-electron chi connectivity index (χ0n) is 13.9. The van der Waals surface area contributed by atoms with Gasteiger partial charge >= 0.3 is 0 Å². The predicted molar refractivity (Wildman–Crippen MR) is 92.9 cm³/mol. The summed E-state index contributed by atoms with van der Waals surface area (Å²) in [6, 6.07) is 6.85. The summed E-state index contributed by atoms with van der Waals surface area (Å²) in [5.74, 6) is 0.404. The van der Waals surface area contributed by atoms with Gasteiger partial charge in [0.2, 0.25) is 5.91 Å². The van der Waals surface area contributed by atoms with Gasteiger partial charge in [-0.1, -0.05) is 25.1 Å². The molecule has 1 heterocycles. The number of nitrogens with two attached hydrogens (primary N) is 1. The molecule has 1 aliphatic rings. The maximum Gasteiger partial charge on any atom is 0.236 e. The fourth-order valence-corrected chi connectivity index (χ4v) is 3.02. The lowest BCUT2D eigenvalue weighted by Crippen LogP contribution is -2.50. The van der Waals surface area contributed by atoms with Crippen LogP contribution < -0.4 is 5.73 Å². The Morgan fingerprint density at radius 3 is 2.78 bits per heavy atom. The molecule has 4 nitrogen and oxygen atoms in total. The van der Waals surface area contributed by atoms with Crippen LogP contribution in [0.1, 0.15) is 25.3 Å². The van der Waals surface area contributed by atoms with Crippen LogP contribution in [0.3, 0.4) is 0 Å². The van der Waals surface area contributed by atoms with E-state index in [1.165, 1.54) is 6.07 Å². The molecular weight excluding hydrogens is 317 g/mol. The summed E-state index contributed by atoms with van der Waals surface area (Å²) in [7, 11) is 1.72. The van der Waals surface area contributed by atoms with Gasteiger partial charge < -0.3 is 10.6 Å². The SMILES string of the molecule is CC1CCN(CC(=O)N(C)Cc2ccccc2F)C(CN)C1.Cl. The molecule has 0 saturated carbocycles. The number of likely N-dealkylation sites (tertiary alicyclic amines) is 1. The lowest BCUT2D eigenvalue weighted by Gasteiger charge is -2.38. The van der Waals surface area contributed by atoms with Gasteiger partial charge in [0.05, 0.1) is 6.54 Å². The van der Waals surface area contributed by atoms with Crippen LogP contribution >= 0.6 is 12.4 Å². The highest BCUT2D eigenvalue weighted by atomic mass is 35.5. The van der Waals surface area contributed by atoms with Crippen molar-refractivity contribution < 1.29 is 9.18 Å². The zero-order valence-corrected chi connectivity index (χ0v) is 14.7. The van der Waals surface area contributed by atoms with E-state index < -0.39 is 0 Å². The summed E-state index contributed by atoms with van der Waals surface area (Å²) in [4.78, 5) is 16.1. The Balaban J connectivity index is 0.00000264. The average molecular weight is 344 g/mol. The van der Waals surface area contributed by atoms with Crippen molar-refractivity contribution in [3.63, 3.8) is 0 Å². The molecule has 0 radical (unpaired) electrons. The van der Waals surface area contributed by atoms with Gasteiger partial charge in [-0.05, 0) is 31.4 Å². The second kappa shape index (κ2) is 9.21. The third-order valence-corrected chi connectivity index (χ3v) is 4.50. The minimum Gasteiger partial charge on any atom is -0.340 e. The van der Waals surface area contributed by atoms with E-state index in [-0.39, 0.29) is 30.2 Å². The van der Waals surface area contributed by atoms with Crippen LogP contribution in [-0.2, 0) is 11.3 Å². The normalized spacial score (nSPS) is 21.6. The number of halogens is 2. The van der Waals surface area contributed by atoms with Crippen LogP contribution in [-0.4, -0.2) is 48.4 Å². The molecule has 1 aromatic rings. The van der Waals surface area contributed by atoms with Crippen LogP contribution in [0.5, 0.6) is 0 Å². The van der Waals surface area contributed by atoms with E-state index >= 15 is 0 Å².